The monoisotopic (exact) mass is 300 g/mol. The Kier molecular flexibility index (Phi) is 4.78. The zero-order valence-electron chi connectivity index (χ0n) is 11.9. The molecule has 1 N–H and O–H groups in total. The Bertz CT molecular complexity index is 567. The van der Waals surface area contributed by atoms with Gasteiger partial charge in [-0.25, -0.2) is 17.5 Å². The second kappa shape index (κ2) is 6.20. The molecule has 1 aliphatic rings. The van der Waals surface area contributed by atoms with Crippen molar-refractivity contribution in [2.45, 2.75) is 24.7 Å². The summed E-state index contributed by atoms with van der Waals surface area (Å²) < 4.78 is 40.1. The molecule has 0 aliphatic carbocycles. The molecule has 1 fully saturated rings. The van der Waals surface area contributed by atoms with Gasteiger partial charge in [-0.15, -0.1) is 0 Å². The highest BCUT2D eigenvalue weighted by Gasteiger charge is 2.20. The van der Waals surface area contributed by atoms with Gasteiger partial charge in [-0.1, -0.05) is 0 Å². The first-order valence-electron chi connectivity index (χ1n) is 6.83. The highest BCUT2D eigenvalue weighted by atomic mass is 32.2. The number of halogens is 1. The maximum absolute atomic E-state index is 13.2. The van der Waals surface area contributed by atoms with Crippen molar-refractivity contribution in [3.8, 4) is 0 Å². The van der Waals surface area contributed by atoms with Crippen molar-refractivity contribution >= 4 is 10.0 Å². The van der Waals surface area contributed by atoms with Crippen LogP contribution in [0.2, 0.25) is 0 Å². The van der Waals surface area contributed by atoms with Gasteiger partial charge in [0.15, 0.2) is 0 Å². The topological polar surface area (TPSA) is 49.4 Å². The number of benzene rings is 1. The van der Waals surface area contributed by atoms with Gasteiger partial charge in [-0.3, -0.25) is 0 Å². The molecule has 0 aromatic heterocycles. The maximum Gasteiger partial charge on any atom is 0.240 e. The van der Waals surface area contributed by atoms with Crippen LogP contribution >= 0.6 is 0 Å². The SMILES string of the molecule is Cc1cc(S(=O)(=O)NCC2CCN(C)CC2)ccc1F. The van der Waals surface area contributed by atoms with Gasteiger partial charge < -0.3 is 4.90 Å². The van der Waals surface area contributed by atoms with Crippen LogP contribution < -0.4 is 4.72 Å². The molecule has 0 amide bonds. The lowest BCUT2D eigenvalue weighted by molar-refractivity contribution is 0.220. The number of hydrogen-bond acceptors (Lipinski definition) is 3. The molecule has 0 saturated carbocycles. The summed E-state index contributed by atoms with van der Waals surface area (Å²) in [6.07, 6.45) is 2.00. The molecular weight excluding hydrogens is 279 g/mol. The third kappa shape index (κ3) is 3.77. The minimum atomic E-state index is -3.54. The predicted molar refractivity (Wildman–Crippen MR) is 76.5 cm³/mol. The lowest BCUT2D eigenvalue weighted by Crippen LogP contribution is -2.36. The summed E-state index contributed by atoms with van der Waals surface area (Å²) in [6, 6.07) is 3.87. The number of hydrogen-bond donors (Lipinski definition) is 1. The normalized spacial score (nSPS) is 18.4. The molecule has 6 heteroatoms. The number of rotatable bonds is 4. The minimum Gasteiger partial charge on any atom is -0.306 e. The molecule has 1 saturated heterocycles. The van der Waals surface area contributed by atoms with E-state index < -0.39 is 10.0 Å². The van der Waals surface area contributed by atoms with Crippen LogP contribution in [-0.2, 0) is 10.0 Å². The lowest BCUT2D eigenvalue weighted by Gasteiger charge is -2.28. The molecule has 1 aliphatic heterocycles. The van der Waals surface area contributed by atoms with Crippen LogP contribution in [0.15, 0.2) is 23.1 Å². The van der Waals surface area contributed by atoms with E-state index in [2.05, 4.69) is 16.7 Å². The Morgan fingerprint density at radius 2 is 2.00 bits per heavy atom. The Morgan fingerprint density at radius 3 is 2.60 bits per heavy atom. The third-order valence-corrected chi connectivity index (χ3v) is 5.26. The molecule has 0 unspecified atom stereocenters. The van der Waals surface area contributed by atoms with Gasteiger partial charge in [-0.2, -0.15) is 0 Å². The molecule has 0 radical (unpaired) electrons. The van der Waals surface area contributed by atoms with Crippen LogP contribution in [0, 0.1) is 18.7 Å². The van der Waals surface area contributed by atoms with Gasteiger partial charge in [-0.05, 0) is 69.6 Å². The summed E-state index contributed by atoms with van der Waals surface area (Å²) in [5.41, 5.74) is 0.340. The number of aryl methyl sites for hydroxylation is 1. The van der Waals surface area contributed by atoms with Gasteiger partial charge in [0.05, 0.1) is 4.90 Å². The maximum atomic E-state index is 13.2. The highest BCUT2D eigenvalue weighted by Crippen LogP contribution is 2.17. The van der Waals surface area contributed by atoms with Gasteiger partial charge in [0.2, 0.25) is 10.0 Å². The van der Waals surface area contributed by atoms with Crippen molar-refractivity contribution in [2.24, 2.45) is 5.92 Å². The standard InChI is InChI=1S/C14H21FN2O2S/c1-11-9-13(3-4-14(11)15)20(18,19)16-10-12-5-7-17(2)8-6-12/h3-4,9,12,16H,5-8,10H2,1-2H3. The van der Waals surface area contributed by atoms with Crippen LogP contribution in [0.25, 0.3) is 0 Å². The number of piperidine rings is 1. The largest absolute Gasteiger partial charge is 0.306 e. The van der Waals surface area contributed by atoms with Crippen molar-refractivity contribution in [1.82, 2.24) is 9.62 Å². The van der Waals surface area contributed by atoms with Crippen LogP contribution in [-0.4, -0.2) is 40.0 Å². The van der Waals surface area contributed by atoms with E-state index in [1.807, 2.05) is 0 Å². The van der Waals surface area contributed by atoms with E-state index in [-0.39, 0.29) is 10.7 Å². The van der Waals surface area contributed by atoms with E-state index in [1.54, 1.807) is 6.92 Å². The fourth-order valence-corrected chi connectivity index (χ4v) is 3.56. The van der Waals surface area contributed by atoms with E-state index in [0.717, 1.165) is 25.9 Å². The summed E-state index contributed by atoms with van der Waals surface area (Å²) in [7, 11) is -1.47. The molecule has 20 heavy (non-hydrogen) atoms. The average molecular weight is 300 g/mol. The summed E-state index contributed by atoms with van der Waals surface area (Å²) in [5, 5.41) is 0. The Hall–Kier alpha value is -0.980. The first-order valence-corrected chi connectivity index (χ1v) is 8.31. The Labute approximate surface area is 120 Å². The first-order chi connectivity index (χ1) is 9.38. The molecule has 0 bridgehead atoms. The number of sulfonamides is 1. The summed E-state index contributed by atoms with van der Waals surface area (Å²) in [6.45, 7) is 4.02. The fraction of sp³-hybridized carbons (Fsp3) is 0.571. The second-order valence-electron chi connectivity index (χ2n) is 5.51. The highest BCUT2D eigenvalue weighted by molar-refractivity contribution is 7.89. The smallest absolute Gasteiger partial charge is 0.240 e. The second-order valence-corrected chi connectivity index (χ2v) is 7.28. The quantitative estimate of drug-likeness (QED) is 0.922. The fourth-order valence-electron chi connectivity index (χ4n) is 2.36. The zero-order valence-corrected chi connectivity index (χ0v) is 12.7. The zero-order chi connectivity index (χ0) is 14.8. The molecule has 0 spiro atoms. The van der Waals surface area contributed by atoms with E-state index in [1.165, 1.54) is 18.2 Å². The minimum absolute atomic E-state index is 0.129. The average Bonchev–Trinajstić information content (AvgIpc) is 2.41. The van der Waals surface area contributed by atoms with E-state index in [4.69, 9.17) is 0 Å². The molecular formula is C14H21FN2O2S. The molecule has 1 aromatic carbocycles. The molecule has 4 nitrogen and oxygen atoms in total. The molecule has 112 valence electrons. The number of nitrogens with one attached hydrogen (secondary N) is 1. The van der Waals surface area contributed by atoms with Crippen LogP contribution in [0.1, 0.15) is 18.4 Å². The summed E-state index contributed by atoms with van der Waals surface area (Å²) >= 11 is 0. The summed E-state index contributed by atoms with van der Waals surface area (Å²) in [4.78, 5) is 2.37. The van der Waals surface area contributed by atoms with Crippen molar-refractivity contribution in [3.05, 3.63) is 29.6 Å². The van der Waals surface area contributed by atoms with Gasteiger partial charge >= 0.3 is 0 Å². The lowest BCUT2D eigenvalue weighted by atomic mass is 9.98. The Balaban J connectivity index is 1.98. The molecule has 2 rings (SSSR count). The number of likely N-dealkylation sites (tertiary alicyclic amines) is 1. The predicted octanol–water partition coefficient (Wildman–Crippen LogP) is 1.75. The van der Waals surface area contributed by atoms with E-state index in [0.29, 0.717) is 18.0 Å². The van der Waals surface area contributed by atoms with E-state index >= 15 is 0 Å². The van der Waals surface area contributed by atoms with Crippen molar-refractivity contribution in [3.63, 3.8) is 0 Å². The van der Waals surface area contributed by atoms with Crippen LogP contribution in [0.5, 0.6) is 0 Å². The summed E-state index contributed by atoms with van der Waals surface area (Å²) in [5.74, 6) is -0.0122. The van der Waals surface area contributed by atoms with Gasteiger partial charge in [0.1, 0.15) is 5.82 Å². The van der Waals surface area contributed by atoms with Crippen molar-refractivity contribution in [1.29, 1.82) is 0 Å². The van der Waals surface area contributed by atoms with Crippen molar-refractivity contribution < 1.29 is 12.8 Å². The molecule has 1 heterocycles. The van der Waals surface area contributed by atoms with Crippen molar-refractivity contribution in [2.75, 3.05) is 26.7 Å². The van der Waals surface area contributed by atoms with E-state index in [9.17, 15) is 12.8 Å². The molecule has 0 atom stereocenters. The van der Waals surface area contributed by atoms with Crippen LogP contribution in [0.3, 0.4) is 0 Å². The Morgan fingerprint density at radius 1 is 1.35 bits per heavy atom. The molecule has 1 aromatic rings. The number of nitrogens with zero attached hydrogens (tertiary/aromatic N) is 1. The van der Waals surface area contributed by atoms with Crippen LogP contribution in [0.4, 0.5) is 4.39 Å². The first kappa shape index (κ1) is 15.4. The third-order valence-electron chi connectivity index (χ3n) is 3.84. The van der Waals surface area contributed by atoms with Gasteiger partial charge in [0, 0.05) is 6.54 Å². The van der Waals surface area contributed by atoms with Gasteiger partial charge in [0.25, 0.3) is 0 Å².